The van der Waals surface area contributed by atoms with E-state index in [0.29, 0.717) is 12.1 Å². The Morgan fingerprint density at radius 2 is 1.70 bits per heavy atom. The molecule has 0 radical (unpaired) electrons. The predicted molar refractivity (Wildman–Crippen MR) is 111 cm³/mol. The van der Waals surface area contributed by atoms with Crippen LogP contribution in [0.4, 0.5) is 0 Å². The van der Waals surface area contributed by atoms with Crippen LogP contribution in [0.2, 0.25) is 0 Å². The van der Waals surface area contributed by atoms with Crippen LogP contribution in [0.5, 0.6) is 5.75 Å². The second kappa shape index (κ2) is 9.38. The maximum Gasteiger partial charge on any atom is 0.120 e. The number of ether oxygens (including phenoxy) is 1. The number of nitrogens with one attached hydrogen (secondary N) is 1. The van der Waals surface area contributed by atoms with Gasteiger partial charge in [0, 0.05) is 19.1 Å². The van der Waals surface area contributed by atoms with Crippen LogP contribution in [0.15, 0.2) is 54.6 Å². The molecule has 1 atom stereocenters. The van der Waals surface area contributed by atoms with E-state index >= 15 is 0 Å². The number of benzene rings is 2. The van der Waals surface area contributed by atoms with E-state index in [-0.39, 0.29) is 0 Å². The molecule has 3 heteroatoms. The number of nitrogens with zero attached hydrogens (tertiary/aromatic N) is 1. The molecule has 1 saturated heterocycles. The zero-order valence-corrected chi connectivity index (χ0v) is 16.3. The first kappa shape index (κ1) is 18.5. The van der Waals surface area contributed by atoms with E-state index in [1.165, 1.54) is 62.7 Å². The van der Waals surface area contributed by atoms with Crippen molar-refractivity contribution in [1.29, 1.82) is 0 Å². The number of hydrogen-bond donors (Lipinski definition) is 1. The van der Waals surface area contributed by atoms with Crippen molar-refractivity contribution in [2.45, 2.75) is 57.2 Å². The van der Waals surface area contributed by atoms with E-state index in [1.54, 1.807) is 0 Å². The minimum Gasteiger partial charge on any atom is -0.490 e. The molecule has 1 aliphatic carbocycles. The lowest BCUT2D eigenvalue weighted by Gasteiger charge is -2.25. The van der Waals surface area contributed by atoms with E-state index in [9.17, 15) is 0 Å². The molecule has 2 aromatic rings. The van der Waals surface area contributed by atoms with Gasteiger partial charge in [-0.25, -0.2) is 0 Å². The highest BCUT2D eigenvalue weighted by Crippen LogP contribution is 2.25. The van der Waals surface area contributed by atoms with Gasteiger partial charge in [-0.2, -0.15) is 0 Å². The summed E-state index contributed by atoms with van der Waals surface area (Å²) in [4.78, 5) is 2.59. The third kappa shape index (κ3) is 5.33. The number of likely N-dealkylation sites (tertiary alicyclic amines) is 1. The Balaban J connectivity index is 1.39. The van der Waals surface area contributed by atoms with E-state index in [1.807, 2.05) is 0 Å². The highest BCUT2D eigenvalue weighted by atomic mass is 16.5. The molecule has 0 bridgehead atoms. The summed E-state index contributed by atoms with van der Waals surface area (Å²) < 4.78 is 6.18. The summed E-state index contributed by atoms with van der Waals surface area (Å²) in [6.45, 7) is 4.42. The van der Waals surface area contributed by atoms with Crippen LogP contribution in [0.1, 0.15) is 55.7 Å². The van der Waals surface area contributed by atoms with Crippen molar-refractivity contribution in [2.24, 2.45) is 0 Å². The maximum atomic E-state index is 6.18. The van der Waals surface area contributed by atoms with Crippen LogP contribution >= 0.6 is 0 Å². The summed E-state index contributed by atoms with van der Waals surface area (Å²) in [7, 11) is 0. The second-order valence-corrected chi connectivity index (χ2v) is 8.02. The summed E-state index contributed by atoms with van der Waals surface area (Å²) in [5.74, 6) is 1.03. The average molecular weight is 365 g/mol. The lowest BCUT2D eigenvalue weighted by atomic mass is 10.1. The van der Waals surface area contributed by atoms with Crippen molar-refractivity contribution >= 4 is 0 Å². The number of rotatable bonds is 8. The lowest BCUT2D eigenvalue weighted by Crippen LogP contribution is -2.33. The molecular formula is C24H32N2O. The van der Waals surface area contributed by atoms with Gasteiger partial charge in [-0.3, -0.25) is 0 Å². The molecule has 1 N–H and O–H groups in total. The van der Waals surface area contributed by atoms with Gasteiger partial charge in [-0.1, -0.05) is 42.5 Å². The SMILES string of the molecule is c1ccc(C(CN2CCCC2)NCc2cccc(OC3CCCC3)c2)cc1. The average Bonchev–Trinajstić information content (AvgIpc) is 3.40. The van der Waals surface area contributed by atoms with Gasteiger partial charge in [-0.15, -0.1) is 0 Å². The van der Waals surface area contributed by atoms with Crippen molar-refractivity contribution in [1.82, 2.24) is 10.2 Å². The van der Waals surface area contributed by atoms with Crippen LogP contribution in [-0.4, -0.2) is 30.6 Å². The Morgan fingerprint density at radius 3 is 2.48 bits per heavy atom. The normalized spacial score (nSPS) is 19.4. The van der Waals surface area contributed by atoms with Crippen LogP contribution < -0.4 is 10.1 Å². The Hall–Kier alpha value is -1.84. The van der Waals surface area contributed by atoms with E-state index in [4.69, 9.17) is 4.74 Å². The maximum absolute atomic E-state index is 6.18. The quantitative estimate of drug-likeness (QED) is 0.718. The van der Waals surface area contributed by atoms with Crippen molar-refractivity contribution in [3.8, 4) is 5.75 Å². The molecule has 1 heterocycles. The smallest absolute Gasteiger partial charge is 0.120 e. The third-order valence-corrected chi connectivity index (χ3v) is 5.90. The Morgan fingerprint density at radius 1 is 0.926 bits per heavy atom. The first-order valence-corrected chi connectivity index (χ1v) is 10.6. The standard InChI is InChI=1S/C24H32N2O/c1-2-10-21(11-3-1)24(19-26-15-6-7-16-26)25-18-20-9-8-14-23(17-20)27-22-12-4-5-13-22/h1-3,8-11,14,17,22,24-25H,4-7,12-13,15-16,18-19H2. The van der Waals surface area contributed by atoms with Gasteiger partial charge >= 0.3 is 0 Å². The Kier molecular flexibility index (Phi) is 6.44. The molecule has 0 aromatic heterocycles. The van der Waals surface area contributed by atoms with Crippen molar-refractivity contribution in [3.63, 3.8) is 0 Å². The van der Waals surface area contributed by atoms with Crippen LogP contribution in [-0.2, 0) is 6.54 Å². The third-order valence-electron chi connectivity index (χ3n) is 5.90. The minimum atomic E-state index is 0.365. The predicted octanol–water partition coefficient (Wildman–Crippen LogP) is 4.93. The molecule has 1 aliphatic heterocycles. The summed E-state index contributed by atoms with van der Waals surface area (Å²) in [5, 5.41) is 3.80. The lowest BCUT2D eigenvalue weighted by molar-refractivity contribution is 0.210. The molecule has 27 heavy (non-hydrogen) atoms. The molecule has 144 valence electrons. The first-order chi connectivity index (χ1) is 13.4. The molecular weight excluding hydrogens is 332 g/mol. The topological polar surface area (TPSA) is 24.5 Å². The second-order valence-electron chi connectivity index (χ2n) is 8.02. The molecule has 1 saturated carbocycles. The molecule has 4 rings (SSSR count). The van der Waals surface area contributed by atoms with Crippen LogP contribution in [0.25, 0.3) is 0 Å². The zero-order chi connectivity index (χ0) is 18.3. The fourth-order valence-corrected chi connectivity index (χ4v) is 4.37. The molecule has 0 amide bonds. The Bertz CT molecular complexity index is 691. The van der Waals surface area contributed by atoms with Gasteiger partial charge in [0.25, 0.3) is 0 Å². The van der Waals surface area contributed by atoms with Crippen molar-refractivity contribution < 1.29 is 4.74 Å². The fourth-order valence-electron chi connectivity index (χ4n) is 4.37. The first-order valence-electron chi connectivity index (χ1n) is 10.6. The van der Waals surface area contributed by atoms with Crippen LogP contribution in [0.3, 0.4) is 0 Å². The molecule has 2 aliphatic rings. The summed E-state index contributed by atoms with van der Waals surface area (Å²) in [6.07, 6.45) is 8.11. The fraction of sp³-hybridized carbons (Fsp3) is 0.500. The molecule has 1 unspecified atom stereocenters. The Labute approximate surface area is 163 Å². The van der Waals surface area contributed by atoms with Gasteiger partial charge in [-0.05, 0) is 74.9 Å². The van der Waals surface area contributed by atoms with Gasteiger partial charge in [0.2, 0.25) is 0 Å². The van der Waals surface area contributed by atoms with Crippen molar-refractivity contribution in [3.05, 3.63) is 65.7 Å². The van der Waals surface area contributed by atoms with Crippen molar-refractivity contribution in [2.75, 3.05) is 19.6 Å². The van der Waals surface area contributed by atoms with E-state index in [2.05, 4.69) is 64.8 Å². The monoisotopic (exact) mass is 364 g/mol. The zero-order valence-electron chi connectivity index (χ0n) is 16.3. The molecule has 3 nitrogen and oxygen atoms in total. The largest absolute Gasteiger partial charge is 0.490 e. The minimum absolute atomic E-state index is 0.365. The molecule has 0 spiro atoms. The van der Waals surface area contributed by atoms with E-state index in [0.717, 1.165) is 18.8 Å². The highest BCUT2D eigenvalue weighted by molar-refractivity contribution is 5.29. The van der Waals surface area contributed by atoms with Gasteiger partial charge < -0.3 is 15.0 Å². The van der Waals surface area contributed by atoms with Crippen LogP contribution in [0, 0.1) is 0 Å². The van der Waals surface area contributed by atoms with Gasteiger partial charge in [0.1, 0.15) is 5.75 Å². The van der Waals surface area contributed by atoms with Gasteiger partial charge in [0.15, 0.2) is 0 Å². The van der Waals surface area contributed by atoms with E-state index < -0.39 is 0 Å². The molecule has 2 aromatic carbocycles. The summed E-state index contributed by atoms with van der Waals surface area (Å²) in [6, 6.07) is 19.9. The molecule has 2 fully saturated rings. The summed E-state index contributed by atoms with van der Waals surface area (Å²) in [5.41, 5.74) is 2.68. The summed E-state index contributed by atoms with van der Waals surface area (Å²) >= 11 is 0. The number of hydrogen-bond acceptors (Lipinski definition) is 3. The van der Waals surface area contributed by atoms with Gasteiger partial charge in [0.05, 0.1) is 6.10 Å². The highest BCUT2D eigenvalue weighted by Gasteiger charge is 2.19.